The van der Waals surface area contributed by atoms with Crippen LogP contribution in [-0.2, 0) is 4.79 Å². The third-order valence-electron chi connectivity index (χ3n) is 0.757. The summed E-state index contributed by atoms with van der Waals surface area (Å²) in [5.41, 5.74) is 5.08. The van der Waals surface area contributed by atoms with Gasteiger partial charge in [0.05, 0.1) is 0 Å². The Kier molecular flexibility index (Phi) is 8.25. The molecule has 0 aliphatic carbocycles. The van der Waals surface area contributed by atoms with Gasteiger partial charge in [0.15, 0.2) is 0 Å². The summed E-state index contributed by atoms with van der Waals surface area (Å²) in [6.45, 7) is 0. The quantitative estimate of drug-likeness (QED) is 0.514. The fraction of sp³-hybridized carbons (Fsp3) is 0.750. The summed E-state index contributed by atoms with van der Waals surface area (Å²) in [5, 5.41) is 8.15. The van der Waals surface area contributed by atoms with Crippen LogP contribution in [0.25, 0.3) is 0 Å². The molecule has 9 heavy (non-hydrogen) atoms. The monoisotopic (exact) mass is 169 g/mol. The topological polar surface area (TPSA) is 63.3 Å². The zero-order valence-electron chi connectivity index (χ0n) is 4.87. The second-order valence-corrected chi connectivity index (χ2v) is 1.90. The van der Waals surface area contributed by atoms with Crippen molar-refractivity contribution in [3.05, 3.63) is 0 Å². The van der Waals surface area contributed by atoms with E-state index in [4.69, 9.17) is 10.8 Å². The summed E-state index contributed by atoms with van der Waals surface area (Å²) in [7, 11) is 0. The average Bonchev–Trinajstić information content (AvgIpc) is 1.67. The van der Waals surface area contributed by atoms with Crippen LogP contribution in [0.15, 0.2) is 0 Å². The van der Waals surface area contributed by atoms with Gasteiger partial charge in [0.25, 0.3) is 0 Å². The molecular formula is C4H11NO2S2. The van der Waals surface area contributed by atoms with Crippen molar-refractivity contribution in [3.63, 3.8) is 0 Å². The molecular weight excluding hydrogens is 158 g/mol. The number of carboxylic acids is 1. The summed E-state index contributed by atoms with van der Waals surface area (Å²) in [6, 6.07) is -0.743. The molecule has 0 rings (SSSR count). The third-order valence-corrected chi connectivity index (χ3v) is 1.02. The lowest BCUT2D eigenvalue weighted by molar-refractivity contribution is -0.138. The van der Waals surface area contributed by atoms with Crippen LogP contribution in [0.2, 0.25) is 0 Å². The molecule has 0 amide bonds. The lowest BCUT2D eigenvalue weighted by atomic mass is 10.2. The van der Waals surface area contributed by atoms with Gasteiger partial charge in [-0.05, 0) is 12.2 Å². The first-order chi connectivity index (χ1) is 3.68. The summed E-state index contributed by atoms with van der Waals surface area (Å²) in [4.78, 5) is 9.93. The minimum absolute atomic E-state index is 0. The zero-order chi connectivity index (χ0) is 6.57. The van der Waals surface area contributed by atoms with E-state index in [9.17, 15) is 4.79 Å². The highest BCUT2D eigenvalue weighted by Crippen LogP contribution is 1.88. The molecule has 0 aromatic carbocycles. The van der Waals surface area contributed by atoms with Crippen LogP contribution in [-0.4, -0.2) is 22.9 Å². The highest BCUT2D eigenvalue weighted by atomic mass is 32.1. The van der Waals surface area contributed by atoms with Crippen LogP contribution in [0.5, 0.6) is 0 Å². The Bertz CT molecular complexity index is 88.6. The standard InChI is InChI=1S/C4H9NO2S.H2S/c5-3(1-2-8)4(6)7;/h3,8H,1-2,5H2,(H,6,7);1H2/t3-;/m0./s1. The normalized spacial score (nSPS) is 11.8. The van der Waals surface area contributed by atoms with Gasteiger partial charge in [0, 0.05) is 0 Å². The maximum Gasteiger partial charge on any atom is 0.320 e. The first-order valence-electron chi connectivity index (χ1n) is 2.27. The van der Waals surface area contributed by atoms with Crippen LogP contribution in [0.4, 0.5) is 0 Å². The van der Waals surface area contributed by atoms with Crippen molar-refractivity contribution in [3.8, 4) is 0 Å². The van der Waals surface area contributed by atoms with E-state index in [2.05, 4.69) is 12.6 Å². The first kappa shape index (κ1) is 11.9. The van der Waals surface area contributed by atoms with Crippen molar-refractivity contribution in [2.75, 3.05) is 5.75 Å². The maximum atomic E-state index is 9.93. The zero-order valence-corrected chi connectivity index (χ0v) is 6.77. The van der Waals surface area contributed by atoms with Crippen LogP contribution in [0.3, 0.4) is 0 Å². The highest BCUT2D eigenvalue weighted by Gasteiger charge is 2.08. The molecule has 0 spiro atoms. The molecule has 0 saturated heterocycles. The lowest BCUT2D eigenvalue weighted by Gasteiger charge is -2.00. The van der Waals surface area contributed by atoms with Gasteiger partial charge in [-0.1, -0.05) is 0 Å². The molecule has 0 heterocycles. The third kappa shape index (κ3) is 6.01. The Balaban J connectivity index is 0. The Labute approximate surface area is 66.5 Å². The van der Waals surface area contributed by atoms with Gasteiger partial charge in [0.2, 0.25) is 0 Å². The minimum Gasteiger partial charge on any atom is -0.480 e. The van der Waals surface area contributed by atoms with E-state index in [1.807, 2.05) is 0 Å². The Morgan fingerprint density at radius 1 is 1.78 bits per heavy atom. The summed E-state index contributed by atoms with van der Waals surface area (Å²) >= 11 is 3.81. The van der Waals surface area contributed by atoms with Gasteiger partial charge in [0.1, 0.15) is 6.04 Å². The highest BCUT2D eigenvalue weighted by molar-refractivity contribution is 7.80. The van der Waals surface area contributed by atoms with Crippen LogP contribution < -0.4 is 5.73 Å². The van der Waals surface area contributed by atoms with E-state index < -0.39 is 12.0 Å². The molecule has 1 atom stereocenters. The Morgan fingerprint density at radius 2 is 2.22 bits per heavy atom. The molecule has 0 radical (unpaired) electrons. The Hall–Kier alpha value is 0.130. The predicted molar refractivity (Wildman–Crippen MR) is 44.5 cm³/mol. The summed E-state index contributed by atoms with van der Waals surface area (Å²) in [6.07, 6.45) is 0.429. The molecule has 0 aromatic rings. The van der Waals surface area contributed by atoms with Gasteiger partial charge in [-0.3, -0.25) is 4.79 Å². The number of nitrogens with two attached hydrogens (primary N) is 1. The van der Waals surface area contributed by atoms with Crippen LogP contribution in [0.1, 0.15) is 6.42 Å². The summed E-state index contributed by atoms with van der Waals surface area (Å²) < 4.78 is 0. The number of carbonyl (C=O) groups is 1. The van der Waals surface area contributed by atoms with Crippen molar-refractivity contribution in [2.45, 2.75) is 12.5 Å². The molecule has 0 saturated carbocycles. The number of aliphatic carboxylic acids is 1. The van der Waals surface area contributed by atoms with E-state index in [1.165, 1.54) is 0 Å². The minimum atomic E-state index is -0.959. The van der Waals surface area contributed by atoms with Crippen molar-refractivity contribution >= 4 is 32.1 Å². The second kappa shape index (κ2) is 6.25. The van der Waals surface area contributed by atoms with Gasteiger partial charge in [-0.2, -0.15) is 26.1 Å². The molecule has 0 aliphatic rings. The fourth-order valence-corrected chi connectivity index (χ4v) is 0.541. The number of rotatable bonds is 3. The number of carboxylic acid groups (broad SMARTS) is 1. The van der Waals surface area contributed by atoms with Gasteiger partial charge >= 0.3 is 5.97 Å². The van der Waals surface area contributed by atoms with E-state index in [1.54, 1.807) is 0 Å². The van der Waals surface area contributed by atoms with Crippen molar-refractivity contribution in [2.24, 2.45) is 5.73 Å². The van der Waals surface area contributed by atoms with Gasteiger partial charge in [-0.15, -0.1) is 0 Å². The van der Waals surface area contributed by atoms with E-state index >= 15 is 0 Å². The molecule has 3 nitrogen and oxygen atoms in total. The van der Waals surface area contributed by atoms with Crippen molar-refractivity contribution in [1.29, 1.82) is 0 Å². The number of hydrogen-bond acceptors (Lipinski definition) is 3. The molecule has 0 bridgehead atoms. The molecule has 56 valence electrons. The lowest BCUT2D eigenvalue weighted by Crippen LogP contribution is -2.30. The van der Waals surface area contributed by atoms with E-state index in [-0.39, 0.29) is 13.5 Å². The number of hydrogen-bond donors (Lipinski definition) is 3. The SMILES string of the molecule is N[C@@H](CCS)C(=O)O.S. The molecule has 0 fully saturated rings. The second-order valence-electron chi connectivity index (χ2n) is 1.46. The number of thiol groups is 1. The van der Waals surface area contributed by atoms with Gasteiger partial charge < -0.3 is 10.8 Å². The predicted octanol–water partition coefficient (Wildman–Crippen LogP) is -0.169. The molecule has 0 aromatic heterocycles. The van der Waals surface area contributed by atoms with Gasteiger partial charge in [-0.25, -0.2) is 0 Å². The maximum absolute atomic E-state index is 9.93. The first-order valence-corrected chi connectivity index (χ1v) is 2.91. The molecule has 0 aliphatic heterocycles. The van der Waals surface area contributed by atoms with Crippen molar-refractivity contribution < 1.29 is 9.90 Å². The van der Waals surface area contributed by atoms with Crippen LogP contribution >= 0.6 is 26.1 Å². The largest absolute Gasteiger partial charge is 0.480 e. The van der Waals surface area contributed by atoms with E-state index in [0.29, 0.717) is 12.2 Å². The summed E-state index contributed by atoms with van der Waals surface area (Å²) in [5.74, 6) is -0.438. The smallest absolute Gasteiger partial charge is 0.320 e. The van der Waals surface area contributed by atoms with Crippen molar-refractivity contribution in [1.82, 2.24) is 0 Å². The molecule has 3 N–H and O–H groups in total. The van der Waals surface area contributed by atoms with E-state index in [0.717, 1.165) is 0 Å². The molecule has 0 unspecified atom stereocenters. The molecule has 5 heteroatoms. The average molecular weight is 169 g/mol. The Morgan fingerprint density at radius 3 is 2.33 bits per heavy atom. The van der Waals surface area contributed by atoms with Crippen LogP contribution in [0, 0.1) is 0 Å². The fourth-order valence-electron chi connectivity index (χ4n) is 0.263.